The zero-order valence-electron chi connectivity index (χ0n) is 22.3. The Hall–Kier alpha value is 0.0569. The highest BCUT2D eigenvalue weighted by Gasteiger charge is 2.61. The fourth-order valence-corrected chi connectivity index (χ4v) is 7.21. The van der Waals surface area contributed by atoms with Crippen molar-refractivity contribution in [2.45, 2.75) is 130 Å². The van der Waals surface area contributed by atoms with E-state index in [2.05, 4.69) is 21.0 Å². The average molecular weight is 461 g/mol. The van der Waals surface area contributed by atoms with Crippen LogP contribution in [-0.4, -0.2) is 53.6 Å². The van der Waals surface area contributed by atoms with Gasteiger partial charge in [0.25, 0.3) is 0 Å². The van der Waals surface area contributed by atoms with Gasteiger partial charge in [-0.15, -0.1) is 0 Å². The van der Waals surface area contributed by atoms with E-state index in [0.29, 0.717) is 19.8 Å². The third kappa shape index (κ3) is 14.7. The highest BCUT2D eigenvalue weighted by atomic mass is 28.4. The first-order valence-electron chi connectivity index (χ1n) is 13.7. The Balaban J connectivity index is 3.76. The maximum atomic E-state index is 6.12. The fourth-order valence-electron chi connectivity index (χ4n) is 4.39. The van der Waals surface area contributed by atoms with E-state index in [1.165, 1.54) is 103 Å². The molecular weight excluding hydrogens is 402 g/mol. The molecule has 0 heterocycles. The van der Waals surface area contributed by atoms with Gasteiger partial charge in [-0.3, -0.25) is 0 Å². The van der Waals surface area contributed by atoms with Crippen LogP contribution < -0.4 is 0 Å². The van der Waals surface area contributed by atoms with Gasteiger partial charge in [-0.1, -0.05) is 96.8 Å². The van der Waals surface area contributed by atoms with E-state index < -0.39 is 8.97 Å². The van der Waals surface area contributed by atoms with Gasteiger partial charge < -0.3 is 17.4 Å². The molecule has 0 aliphatic carbocycles. The van der Waals surface area contributed by atoms with Crippen molar-refractivity contribution in [2.24, 2.45) is 0 Å². The van der Waals surface area contributed by atoms with Crippen LogP contribution in [0.15, 0.2) is 0 Å². The summed E-state index contributed by atoms with van der Waals surface area (Å²) in [6, 6.07) is 0. The summed E-state index contributed by atoms with van der Waals surface area (Å²) in [6.45, 7) is 11.4. The standard InChI is InChI=1S/C26H58NO3Si/c1-7-11-12-13-14-15-16-17-18-19-20-21-22-23-24-25-26-27(5,6)31(28-8-2,29-9-3)30-10-4/h7-26H2,1-6H3/q+1. The molecule has 0 aliphatic rings. The molecule has 0 radical (unpaired) electrons. The fraction of sp³-hybridized carbons (Fsp3) is 1.00. The molecule has 5 heteroatoms. The van der Waals surface area contributed by atoms with Crippen molar-refractivity contribution in [3.05, 3.63) is 0 Å². The molecule has 0 amide bonds. The minimum absolute atomic E-state index is 0.646. The van der Waals surface area contributed by atoms with E-state index in [0.717, 1.165) is 10.7 Å². The van der Waals surface area contributed by atoms with Crippen molar-refractivity contribution in [3.63, 3.8) is 0 Å². The molecule has 0 fully saturated rings. The number of nitrogens with zero attached hydrogens (tertiary/aromatic N) is 1. The van der Waals surface area contributed by atoms with Gasteiger partial charge >= 0.3 is 8.97 Å². The van der Waals surface area contributed by atoms with Crippen LogP contribution in [0.5, 0.6) is 0 Å². The first kappa shape index (κ1) is 31.1. The number of unbranched alkanes of at least 4 members (excludes halogenated alkanes) is 15. The zero-order chi connectivity index (χ0) is 23.3. The summed E-state index contributed by atoms with van der Waals surface area (Å²) in [5, 5.41) is 0. The maximum Gasteiger partial charge on any atom is 0.784 e. The molecule has 0 N–H and O–H groups in total. The third-order valence-corrected chi connectivity index (χ3v) is 9.96. The molecule has 31 heavy (non-hydrogen) atoms. The summed E-state index contributed by atoms with van der Waals surface area (Å²) >= 11 is 0. The van der Waals surface area contributed by atoms with E-state index >= 15 is 0 Å². The van der Waals surface area contributed by atoms with Crippen LogP contribution in [0.3, 0.4) is 0 Å². The highest BCUT2D eigenvalue weighted by molar-refractivity contribution is 6.52. The second-order valence-electron chi connectivity index (χ2n) is 9.53. The first-order valence-corrected chi connectivity index (χ1v) is 15.4. The molecule has 0 unspecified atom stereocenters. The van der Waals surface area contributed by atoms with Gasteiger partial charge in [0.1, 0.15) is 0 Å². The van der Waals surface area contributed by atoms with Crippen molar-refractivity contribution in [1.82, 2.24) is 0 Å². The second-order valence-corrected chi connectivity index (χ2v) is 12.7. The monoisotopic (exact) mass is 460 g/mol. The van der Waals surface area contributed by atoms with Crippen molar-refractivity contribution < 1.29 is 17.4 Å². The quantitative estimate of drug-likeness (QED) is 0.108. The molecule has 0 rings (SSSR count). The number of quaternary nitrogens is 1. The van der Waals surface area contributed by atoms with Crippen LogP contribution in [0.2, 0.25) is 0 Å². The Morgan fingerprint density at radius 2 is 0.742 bits per heavy atom. The molecule has 0 spiro atoms. The van der Waals surface area contributed by atoms with Crippen molar-refractivity contribution in [2.75, 3.05) is 40.5 Å². The molecule has 188 valence electrons. The molecular formula is C26H58NO3Si+. The van der Waals surface area contributed by atoms with Gasteiger partial charge in [-0.2, -0.15) is 0 Å². The lowest BCUT2D eigenvalue weighted by atomic mass is 10.0. The summed E-state index contributed by atoms with van der Waals surface area (Å²) in [5.74, 6) is 0. The van der Waals surface area contributed by atoms with Crippen LogP contribution in [0.1, 0.15) is 130 Å². The van der Waals surface area contributed by atoms with E-state index in [-0.39, 0.29) is 0 Å². The van der Waals surface area contributed by atoms with E-state index in [1.807, 2.05) is 20.8 Å². The zero-order valence-corrected chi connectivity index (χ0v) is 23.3. The lowest BCUT2D eigenvalue weighted by Crippen LogP contribution is -2.70. The van der Waals surface area contributed by atoms with Gasteiger partial charge in [-0.25, -0.2) is 0 Å². The molecule has 0 saturated carbocycles. The SMILES string of the molecule is CCCCCCCCCCCCCCCCCC[N+](C)(C)[Si](OCC)(OCC)OCC. The Morgan fingerprint density at radius 1 is 0.452 bits per heavy atom. The summed E-state index contributed by atoms with van der Waals surface area (Å²) in [4.78, 5) is 0. The van der Waals surface area contributed by atoms with Gasteiger partial charge in [0.05, 0.1) is 20.6 Å². The minimum Gasteiger partial charge on any atom is -0.325 e. The second kappa shape index (κ2) is 20.6. The van der Waals surface area contributed by atoms with Crippen molar-refractivity contribution >= 4 is 8.97 Å². The average Bonchev–Trinajstić information content (AvgIpc) is 2.73. The Kier molecular flexibility index (Phi) is 20.7. The normalized spacial score (nSPS) is 12.6. The van der Waals surface area contributed by atoms with Crippen molar-refractivity contribution in [3.8, 4) is 0 Å². The van der Waals surface area contributed by atoms with Crippen molar-refractivity contribution in [1.29, 1.82) is 0 Å². The van der Waals surface area contributed by atoms with Crippen LogP contribution in [0.25, 0.3) is 0 Å². The number of rotatable bonds is 24. The largest absolute Gasteiger partial charge is 0.784 e. The molecule has 0 aromatic carbocycles. The van der Waals surface area contributed by atoms with E-state index in [1.54, 1.807) is 0 Å². The number of hydrogen-bond donors (Lipinski definition) is 0. The summed E-state index contributed by atoms with van der Waals surface area (Å²) in [5.41, 5.74) is 0. The Bertz CT molecular complexity index is 363. The molecule has 4 nitrogen and oxygen atoms in total. The van der Waals surface area contributed by atoms with Gasteiger partial charge in [0.15, 0.2) is 0 Å². The Labute approximate surface area is 197 Å². The smallest absolute Gasteiger partial charge is 0.325 e. The summed E-state index contributed by atoms with van der Waals surface area (Å²) in [6.07, 6.45) is 22.5. The van der Waals surface area contributed by atoms with Gasteiger partial charge in [0, 0.05) is 19.8 Å². The lowest BCUT2D eigenvalue weighted by molar-refractivity contribution is -0.820. The van der Waals surface area contributed by atoms with Crippen LogP contribution in [0, 0.1) is 0 Å². The third-order valence-electron chi connectivity index (χ3n) is 6.29. The maximum absolute atomic E-state index is 6.12. The molecule has 0 bridgehead atoms. The van der Waals surface area contributed by atoms with E-state index in [9.17, 15) is 0 Å². The lowest BCUT2D eigenvalue weighted by Gasteiger charge is -2.41. The molecule has 0 aromatic rings. The predicted octanol–water partition coefficient (Wildman–Crippen LogP) is 7.87. The Morgan fingerprint density at radius 3 is 1.03 bits per heavy atom. The molecule has 0 aliphatic heterocycles. The molecule has 0 aromatic heterocycles. The van der Waals surface area contributed by atoms with Crippen LogP contribution in [0.4, 0.5) is 0 Å². The van der Waals surface area contributed by atoms with Gasteiger partial charge in [0.2, 0.25) is 0 Å². The first-order chi connectivity index (χ1) is 15.0. The molecule has 0 atom stereocenters. The minimum atomic E-state index is -2.69. The summed E-state index contributed by atoms with van der Waals surface area (Å²) in [7, 11) is 1.75. The summed E-state index contributed by atoms with van der Waals surface area (Å²) < 4.78 is 19.1. The van der Waals surface area contributed by atoms with Crippen LogP contribution >= 0.6 is 0 Å². The van der Waals surface area contributed by atoms with Crippen LogP contribution in [-0.2, 0) is 13.3 Å². The predicted molar refractivity (Wildman–Crippen MR) is 137 cm³/mol. The topological polar surface area (TPSA) is 27.7 Å². The molecule has 0 saturated heterocycles. The number of hydrogen-bond acceptors (Lipinski definition) is 3. The van der Waals surface area contributed by atoms with Gasteiger partial charge in [-0.05, 0) is 33.6 Å². The highest BCUT2D eigenvalue weighted by Crippen LogP contribution is 2.23. The van der Waals surface area contributed by atoms with E-state index in [4.69, 9.17) is 13.3 Å².